The molecule has 0 spiro atoms. The van der Waals surface area contributed by atoms with Crippen molar-refractivity contribution in [2.45, 2.75) is 70.3 Å². The van der Waals surface area contributed by atoms with Crippen LogP contribution in [0.5, 0.6) is 0 Å². The van der Waals surface area contributed by atoms with Crippen molar-refractivity contribution >= 4 is 23.2 Å². The molecule has 4 atom stereocenters. The van der Waals surface area contributed by atoms with E-state index in [2.05, 4.69) is 38.8 Å². The summed E-state index contributed by atoms with van der Waals surface area (Å²) in [6.07, 6.45) is 6.40. The number of nitrogens with one attached hydrogen (secondary N) is 1. The molecule has 6 rings (SSSR count). The highest BCUT2D eigenvalue weighted by molar-refractivity contribution is 7.13. The van der Waals surface area contributed by atoms with E-state index in [1.54, 1.807) is 11.3 Å². The number of rotatable bonds is 8. The lowest BCUT2D eigenvalue weighted by atomic mass is 9.74. The summed E-state index contributed by atoms with van der Waals surface area (Å²) in [5, 5.41) is 14.6. The van der Waals surface area contributed by atoms with E-state index in [-0.39, 0.29) is 17.7 Å². The minimum atomic E-state index is -0.793. The topological polar surface area (TPSA) is 95.4 Å². The lowest BCUT2D eigenvalue weighted by Crippen LogP contribution is -2.56. The summed E-state index contributed by atoms with van der Waals surface area (Å²) in [5.74, 6) is 1.00. The van der Waals surface area contributed by atoms with Crippen LogP contribution in [0, 0.1) is 18.3 Å². The van der Waals surface area contributed by atoms with E-state index in [9.17, 15) is 14.7 Å². The standard InChI is InChI=1S/C26H34N4O3S/c1-17-28-21(12-22(29-17)23-5-4-10-34-23)20-16-30-9-6-18(20)11-19(30)15-27-24(31)13-26(14-25(32)33)7-2-3-8-26/h4-5,10,12,18-20H,2-3,6-9,11,13-16H2,1H3,(H,27,31)(H,32,33)/t18-,19+,20+/m0/s1. The number of carboxylic acid groups (broad SMARTS) is 1. The number of hydrogen-bond acceptors (Lipinski definition) is 6. The average Bonchev–Trinajstić information content (AvgIpc) is 3.50. The number of thiophene rings is 1. The maximum absolute atomic E-state index is 12.8. The molecule has 1 unspecified atom stereocenters. The van der Waals surface area contributed by atoms with Gasteiger partial charge in [0.05, 0.1) is 17.0 Å². The molecule has 34 heavy (non-hydrogen) atoms. The van der Waals surface area contributed by atoms with Gasteiger partial charge >= 0.3 is 5.97 Å². The lowest BCUT2D eigenvalue weighted by Gasteiger charge is -2.49. The van der Waals surface area contributed by atoms with Crippen LogP contribution in [0.1, 0.15) is 68.8 Å². The van der Waals surface area contributed by atoms with Gasteiger partial charge in [-0.25, -0.2) is 9.97 Å². The van der Waals surface area contributed by atoms with E-state index in [4.69, 9.17) is 4.98 Å². The Balaban J connectivity index is 1.20. The van der Waals surface area contributed by atoms with Crippen LogP contribution in [0.25, 0.3) is 10.6 Å². The molecule has 1 aliphatic carbocycles. The molecule has 3 aliphatic heterocycles. The molecule has 182 valence electrons. The zero-order valence-corrected chi connectivity index (χ0v) is 20.6. The number of aromatic nitrogens is 2. The summed E-state index contributed by atoms with van der Waals surface area (Å²) in [6.45, 7) is 4.65. The zero-order chi connectivity index (χ0) is 23.7. The number of nitrogens with zero attached hydrogens (tertiary/aromatic N) is 3. The summed E-state index contributed by atoms with van der Waals surface area (Å²) in [4.78, 5) is 37.3. The van der Waals surface area contributed by atoms with Crippen LogP contribution in [0.2, 0.25) is 0 Å². The van der Waals surface area contributed by atoms with Crippen LogP contribution >= 0.6 is 11.3 Å². The second-order valence-corrected chi connectivity index (χ2v) is 11.4. The maximum Gasteiger partial charge on any atom is 0.303 e. The molecule has 2 aromatic heterocycles. The Kier molecular flexibility index (Phi) is 6.71. The Morgan fingerprint density at radius 2 is 2.09 bits per heavy atom. The molecule has 0 radical (unpaired) electrons. The molecule has 1 saturated carbocycles. The number of carbonyl (C=O) groups excluding carboxylic acids is 1. The van der Waals surface area contributed by atoms with E-state index in [0.717, 1.165) is 68.8 Å². The third-order valence-corrected chi connectivity index (χ3v) is 9.04. The highest BCUT2D eigenvalue weighted by atomic mass is 32.1. The third-order valence-electron chi connectivity index (χ3n) is 8.15. The van der Waals surface area contributed by atoms with Crippen molar-refractivity contribution in [1.29, 1.82) is 0 Å². The first-order valence-electron chi connectivity index (χ1n) is 12.5. The van der Waals surface area contributed by atoms with Gasteiger partial charge in [-0.15, -0.1) is 11.3 Å². The zero-order valence-electron chi connectivity index (χ0n) is 19.8. The molecule has 4 aliphatic rings. The number of fused-ring (bicyclic) bond motifs is 3. The van der Waals surface area contributed by atoms with Crippen molar-refractivity contribution in [3.05, 3.63) is 35.1 Å². The molecule has 3 saturated heterocycles. The Labute approximate surface area is 205 Å². The van der Waals surface area contributed by atoms with Crippen molar-refractivity contribution in [1.82, 2.24) is 20.2 Å². The van der Waals surface area contributed by atoms with Gasteiger partial charge in [-0.3, -0.25) is 14.5 Å². The molecule has 7 nitrogen and oxygen atoms in total. The Hall–Kier alpha value is -2.32. The van der Waals surface area contributed by atoms with Gasteiger partial charge in [-0.2, -0.15) is 0 Å². The van der Waals surface area contributed by atoms with Crippen molar-refractivity contribution in [3.8, 4) is 10.6 Å². The first-order chi connectivity index (χ1) is 16.4. The van der Waals surface area contributed by atoms with E-state index in [0.29, 0.717) is 30.8 Å². The molecule has 2 aromatic rings. The normalized spacial score (nSPS) is 27.6. The number of hydrogen-bond donors (Lipinski definition) is 2. The van der Waals surface area contributed by atoms with Crippen molar-refractivity contribution in [3.63, 3.8) is 0 Å². The first kappa shape index (κ1) is 23.4. The van der Waals surface area contributed by atoms with Gasteiger partial charge in [0, 0.05) is 37.2 Å². The van der Waals surface area contributed by atoms with E-state index < -0.39 is 5.97 Å². The predicted molar refractivity (Wildman–Crippen MR) is 132 cm³/mol. The smallest absolute Gasteiger partial charge is 0.303 e. The molecule has 2 N–H and O–H groups in total. The van der Waals surface area contributed by atoms with Crippen molar-refractivity contribution in [2.24, 2.45) is 11.3 Å². The van der Waals surface area contributed by atoms with Gasteiger partial charge in [0.2, 0.25) is 5.91 Å². The van der Waals surface area contributed by atoms with Crippen molar-refractivity contribution < 1.29 is 14.7 Å². The second-order valence-electron chi connectivity index (χ2n) is 10.5. The highest BCUT2D eigenvalue weighted by Gasteiger charge is 2.42. The molecular formula is C26H34N4O3S. The minimum absolute atomic E-state index is 0.00867. The number of carbonyl (C=O) groups is 2. The monoisotopic (exact) mass is 482 g/mol. The Bertz CT molecular complexity index is 1030. The summed E-state index contributed by atoms with van der Waals surface area (Å²) >= 11 is 1.71. The minimum Gasteiger partial charge on any atom is -0.481 e. The molecule has 2 bridgehead atoms. The molecule has 4 fully saturated rings. The molecule has 1 amide bonds. The van der Waals surface area contributed by atoms with Gasteiger partial charge in [0.15, 0.2) is 0 Å². The number of carboxylic acids is 1. The summed E-state index contributed by atoms with van der Waals surface area (Å²) in [7, 11) is 0. The van der Waals surface area contributed by atoms with Gasteiger partial charge in [-0.05, 0) is 68.0 Å². The van der Waals surface area contributed by atoms with E-state index >= 15 is 0 Å². The van der Waals surface area contributed by atoms with E-state index in [1.165, 1.54) is 4.88 Å². The fraction of sp³-hybridized carbons (Fsp3) is 0.615. The first-order valence-corrected chi connectivity index (χ1v) is 13.4. The van der Waals surface area contributed by atoms with Crippen LogP contribution in [-0.4, -0.2) is 57.5 Å². The Morgan fingerprint density at radius 1 is 1.26 bits per heavy atom. The van der Waals surface area contributed by atoms with Crippen LogP contribution in [0.15, 0.2) is 23.6 Å². The molecule has 8 heteroatoms. The molecular weight excluding hydrogens is 448 g/mol. The summed E-state index contributed by atoms with van der Waals surface area (Å²) < 4.78 is 0. The van der Waals surface area contributed by atoms with E-state index in [1.807, 2.05) is 6.92 Å². The van der Waals surface area contributed by atoms with Gasteiger partial charge in [0.25, 0.3) is 0 Å². The van der Waals surface area contributed by atoms with Crippen LogP contribution in [0.3, 0.4) is 0 Å². The Morgan fingerprint density at radius 3 is 2.76 bits per heavy atom. The SMILES string of the molecule is Cc1nc(-c2cccs2)cc([C@@H]2CN3CC[C@H]2C[C@@H]3CNC(=O)CC2(CC(=O)O)CCCC2)n1. The third kappa shape index (κ3) is 5.03. The van der Waals surface area contributed by atoms with Crippen LogP contribution in [0.4, 0.5) is 0 Å². The second kappa shape index (κ2) is 9.74. The average molecular weight is 483 g/mol. The number of aliphatic carboxylic acids is 1. The lowest BCUT2D eigenvalue weighted by molar-refractivity contribution is -0.140. The summed E-state index contributed by atoms with van der Waals surface area (Å²) in [5.41, 5.74) is 1.81. The quantitative estimate of drug-likeness (QED) is 0.585. The molecule has 0 aromatic carbocycles. The fourth-order valence-corrected chi connectivity index (χ4v) is 7.20. The van der Waals surface area contributed by atoms with Gasteiger partial charge in [-0.1, -0.05) is 18.9 Å². The predicted octanol–water partition coefficient (Wildman–Crippen LogP) is 4.23. The van der Waals surface area contributed by atoms with Crippen molar-refractivity contribution in [2.75, 3.05) is 19.6 Å². The number of aryl methyl sites for hydroxylation is 1. The van der Waals surface area contributed by atoms with Crippen LogP contribution < -0.4 is 5.32 Å². The van der Waals surface area contributed by atoms with Gasteiger partial charge in [0.1, 0.15) is 5.82 Å². The van der Waals surface area contributed by atoms with Crippen LogP contribution in [-0.2, 0) is 9.59 Å². The summed E-state index contributed by atoms with van der Waals surface area (Å²) in [6, 6.07) is 6.68. The number of amides is 1. The maximum atomic E-state index is 12.8. The molecule has 5 heterocycles. The van der Waals surface area contributed by atoms with Gasteiger partial charge < -0.3 is 10.4 Å². The highest BCUT2D eigenvalue weighted by Crippen LogP contribution is 2.44. The largest absolute Gasteiger partial charge is 0.481 e. The number of piperidine rings is 3. The fourth-order valence-electron chi connectivity index (χ4n) is 6.51.